The molecule has 5 heteroatoms. The normalized spacial score (nSPS) is 16.2. The first-order valence-electron chi connectivity index (χ1n) is 7.89. The highest BCUT2D eigenvalue weighted by atomic mass is 16.5. The van der Waals surface area contributed by atoms with Gasteiger partial charge in [-0.2, -0.15) is 5.26 Å². The number of rotatable bonds is 4. The van der Waals surface area contributed by atoms with Gasteiger partial charge >= 0.3 is 0 Å². The summed E-state index contributed by atoms with van der Waals surface area (Å²) in [5.74, 6) is 1.99. The van der Waals surface area contributed by atoms with Gasteiger partial charge in [-0.25, -0.2) is 0 Å². The smallest absolute Gasteiger partial charge is 0.163 e. The summed E-state index contributed by atoms with van der Waals surface area (Å²) in [6.07, 6.45) is 3.90. The first-order valence-corrected chi connectivity index (χ1v) is 7.89. The van der Waals surface area contributed by atoms with E-state index in [0.29, 0.717) is 23.8 Å². The van der Waals surface area contributed by atoms with E-state index in [2.05, 4.69) is 23.0 Å². The number of hydrogen-bond acceptors (Lipinski definition) is 5. The topological polar surface area (TPSA) is 58.4 Å². The average Bonchev–Trinajstić information content (AvgIpc) is 2.59. The van der Waals surface area contributed by atoms with E-state index in [1.54, 1.807) is 13.3 Å². The second kappa shape index (κ2) is 6.84. The summed E-state index contributed by atoms with van der Waals surface area (Å²) in [5.41, 5.74) is 1.35. The van der Waals surface area contributed by atoms with Gasteiger partial charge in [0, 0.05) is 17.6 Å². The summed E-state index contributed by atoms with van der Waals surface area (Å²) >= 11 is 0. The van der Waals surface area contributed by atoms with Crippen molar-refractivity contribution in [1.82, 2.24) is 9.88 Å². The Balaban J connectivity index is 1.78. The van der Waals surface area contributed by atoms with Gasteiger partial charge in [-0.3, -0.25) is 4.98 Å². The lowest BCUT2D eigenvalue weighted by atomic mass is 9.98. The van der Waals surface area contributed by atoms with Crippen molar-refractivity contribution in [3.63, 3.8) is 0 Å². The van der Waals surface area contributed by atoms with Crippen LogP contribution in [0.1, 0.15) is 18.4 Å². The third-order valence-corrected chi connectivity index (χ3v) is 4.41. The first-order chi connectivity index (χ1) is 11.2. The Hall–Kier alpha value is -2.32. The minimum atomic E-state index is 0.541. The van der Waals surface area contributed by atoms with Crippen molar-refractivity contribution in [2.75, 3.05) is 33.9 Å². The molecule has 0 atom stereocenters. The molecule has 1 aliphatic heterocycles. The van der Waals surface area contributed by atoms with Crippen LogP contribution >= 0.6 is 0 Å². The lowest BCUT2D eigenvalue weighted by Crippen LogP contribution is -2.32. The van der Waals surface area contributed by atoms with Gasteiger partial charge in [0.2, 0.25) is 0 Å². The number of benzene rings is 1. The Morgan fingerprint density at radius 2 is 2.04 bits per heavy atom. The van der Waals surface area contributed by atoms with Crippen LogP contribution in [-0.4, -0.2) is 43.7 Å². The van der Waals surface area contributed by atoms with E-state index in [9.17, 15) is 0 Å². The van der Waals surface area contributed by atoms with Crippen LogP contribution in [0.5, 0.6) is 11.5 Å². The monoisotopic (exact) mass is 311 g/mol. The third-order valence-electron chi connectivity index (χ3n) is 4.41. The molecule has 1 saturated heterocycles. The molecule has 0 unspecified atom stereocenters. The molecule has 0 radical (unpaired) electrons. The molecular weight excluding hydrogens is 290 g/mol. The highest BCUT2D eigenvalue weighted by Crippen LogP contribution is 2.32. The maximum atomic E-state index is 8.98. The number of nitrogens with zero attached hydrogens (tertiary/aromatic N) is 3. The molecule has 1 aromatic heterocycles. The molecule has 0 saturated carbocycles. The number of ether oxygens (including phenoxy) is 2. The van der Waals surface area contributed by atoms with Crippen LogP contribution in [-0.2, 0) is 0 Å². The largest absolute Gasteiger partial charge is 0.493 e. The Labute approximate surface area is 136 Å². The van der Waals surface area contributed by atoms with Gasteiger partial charge in [0.05, 0.1) is 24.8 Å². The molecular formula is C18H21N3O2. The second-order valence-electron chi connectivity index (χ2n) is 6.09. The predicted molar refractivity (Wildman–Crippen MR) is 88.7 cm³/mol. The summed E-state index contributed by atoms with van der Waals surface area (Å²) in [5, 5.41) is 9.86. The van der Waals surface area contributed by atoms with Gasteiger partial charge in [0.1, 0.15) is 6.07 Å². The van der Waals surface area contributed by atoms with E-state index in [1.807, 2.05) is 18.2 Å². The van der Waals surface area contributed by atoms with Crippen molar-refractivity contribution in [3.05, 3.63) is 30.0 Å². The Morgan fingerprint density at radius 1 is 1.26 bits per heavy atom. The van der Waals surface area contributed by atoms with Crippen LogP contribution in [0, 0.1) is 17.2 Å². The molecule has 5 nitrogen and oxygen atoms in total. The maximum absolute atomic E-state index is 8.98. The minimum Gasteiger partial charge on any atom is -0.493 e. The van der Waals surface area contributed by atoms with E-state index in [-0.39, 0.29) is 0 Å². The number of methoxy groups -OCH3 is 1. The average molecular weight is 311 g/mol. The number of pyridine rings is 1. The molecule has 23 heavy (non-hydrogen) atoms. The maximum Gasteiger partial charge on any atom is 0.163 e. The van der Waals surface area contributed by atoms with Crippen LogP contribution in [0.15, 0.2) is 24.4 Å². The molecule has 0 N–H and O–H groups in total. The highest BCUT2D eigenvalue weighted by molar-refractivity contribution is 5.83. The Morgan fingerprint density at radius 3 is 2.74 bits per heavy atom. The fourth-order valence-electron chi connectivity index (χ4n) is 2.91. The quantitative estimate of drug-likeness (QED) is 0.869. The van der Waals surface area contributed by atoms with Crippen molar-refractivity contribution in [2.45, 2.75) is 12.8 Å². The van der Waals surface area contributed by atoms with Gasteiger partial charge in [-0.15, -0.1) is 0 Å². The molecule has 0 bridgehead atoms. The van der Waals surface area contributed by atoms with Crippen LogP contribution in [0.25, 0.3) is 10.9 Å². The van der Waals surface area contributed by atoms with Gasteiger partial charge in [0.15, 0.2) is 11.5 Å². The highest BCUT2D eigenvalue weighted by Gasteiger charge is 2.18. The lowest BCUT2D eigenvalue weighted by Gasteiger charge is -2.28. The van der Waals surface area contributed by atoms with E-state index < -0.39 is 0 Å². The molecule has 0 spiro atoms. The standard InChI is InChI=1S/C18H21N3O2/c1-21-5-3-13(4-6-21)12-23-18-9-16-15(8-17(18)22-2)7-14(10-19)11-20-16/h7-9,11,13H,3-6,12H2,1-2H3. The summed E-state index contributed by atoms with van der Waals surface area (Å²) in [6, 6.07) is 7.69. The third kappa shape index (κ3) is 3.54. The SMILES string of the molecule is COc1cc2cc(C#N)cnc2cc1OCC1CCN(C)CC1. The molecule has 1 fully saturated rings. The van der Waals surface area contributed by atoms with Gasteiger partial charge in [-0.1, -0.05) is 0 Å². The molecule has 3 rings (SSSR count). The van der Waals surface area contributed by atoms with Crippen molar-refractivity contribution in [3.8, 4) is 17.6 Å². The van der Waals surface area contributed by atoms with Crippen LogP contribution < -0.4 is 9.47 Å². The van der Waals surface area contributed by atoms with Crippen molar-refractivity contribution in [1.29, 1.82) is 5.26 Å². The van der Waals surface area contributed by atoms with Gasteiger partial charge in [-0.05, 0) is 51.0 Å². The summed E-state index contributed by atoms with van der Waals surface area (Å²) in [7, 11) is 3.79. The summed E-state index contributed by atoms with van der Waals surface area (Å²) in [6.45, 7) is 2.95. The van der Waals surface area contributed by atoms with E-state index in [0.717, 1.165) is 42.6 Å². The predicted octanol–water partition coefficient (Wildman–Crippen LogP) is 2.84. The zero-order valence-corrected chi connectivity index (χ0v) is 13.6. The van der Waals surface area contributed by atoms with Crippen LogP contribution in [0.4, 0.5) is 0 Å². The summed E-state index contributed by atoms with van der Waals surface area (Å²) in [4.78, 5) is 6.68. The molecule has 2 heterocycles. The number of likely N-dealkylation sites (tertiary alicyclic amines) is 1. The number of hydrogen-bond donors (Lipinski definition) is 0. The van der Waals surface area contributed by atoms with E-state index in [4.69, 9.17) is 14.7 Å². The van der Waals surface area contributed by atoms with Crippen molar-refractivity contribution < 1.29 is 9.47 Å². The molecule has 0 aliphatic carbocycles. The van der Waals surface area contributed by atoms with Crippen molar-refractivity contribution >= 4 is 10.9 Å². The van der Waals surface area contributed by atoms with E-state index >= 15 is 0 Å². The number of nitriles is 1. The fraction of sp³-hybridized carbons (Fsp3) is 0.444. The fourth-order valence-corrected chi connectivity index (χ4v) is 2.91. The Kier molecular flexibility index (Phi) is 4.63. The number of fused-ring (bicyclic) bond motifs is 1. The van der Waals surface area contributed by atoms with Crippen molar-refractivity contribution in [2.24, 2.45) is 5.92 Å². The molecule has 2 aromatic rings. The molecule has 1 aliphatic rings. The zero-order valence-electron chi connectivity index (χ0n) is 13.6. The minimum absolute atomic E-state index is 0.541. The van der Waals surface area contributed by atoms with Crippen LogP contribution in [0.3, 0.4) is 0 Å². The second-order valence-corrected chi connectivity index (χ2v) is 6.09. The lowest BCUT2D eigenvalue weighted by molar-refractivity contribution is 0.157. The van der Waals surface area contributed by atoms with Gasteiger partial charge < -0.3 is 14.4 Å². The molecule has 0 amide bonds. The Bertz CT molecular complexity index is 731. The number of aromatic nitrogens is 1. The molecule has 120 valence electrons. The first kappa shape index (κ1) is 15.6. The van der Waals surface area contributed by atoms with E-state index in [1.165, 1.54) is 0 Å². The number of piperidine rings is 1. The van der Waals surface area contributed by atoms with Gasteiger partial charge in [0.25, 0.3) is 0 Å². The zero-order chi connectivity index (χ0) is 16.2. The van der Waals surface area contributed by atoms with Crippen LogP contribution in [0.2, 0.25) is 0 Å². The molecule has 1 aromatic carbocycles. The summed E-state index contributed by atoms with van der Waals surface area (Å²) < 4.78 is 11.5.